The molecular weight excluding hydrogens is 442 g/mol. The molecule has 0 N–H and O–H groups in total. The Morgan fingerprint density at radius 3 is 2.57 bits per heavy atom. The van der Waals surface area contributed by atoms with E-state index in [0.717, 1.165) is 25.3 Å². The van der Waals surface area contributed by atoms with Gasteiger partial charge in [0.25, 0.3) is 0 Å². The Hall–Kier alpha value is -2.38. The maximum absolute atomic E-state index is 12.1. The third-order valence-corrected chi connectivity index (χ3v) is 5.49. The lowest BCUT2D eigenvalue weighted by Crippen LogP contribution is -2.04. The molecule has 0 radical (unpaired) electrons. The van der Waals surface area contributed by atoms with Crippen LogP contribution < -0.4 is 9.47 Å². The summed E-state index contributed by atoms with van der Waals surface area (Å²) in [6.45, 7) is 5.00. The molecule has 0 unspecified atom stereocenters. The van der Waals surface area contributed by atoms with E-state index >= 15 is 0 Å². The van der Waals surface area contributed by atoms with Crippen molar-refractivity contribution in [2.45, 2.75) is 20.5 Å². The van der Waals surface area contributed by atoms with E-state index in [9.17, 15) is 4.79 Å². The van der Waals surface area contributed by atoms with Gasteiger partial charge in [-0.05, 0) is 44.2 Å². The molecule has 2 aromatic carbocycles. The number of esters is 1. The number of carbonyl (C=O) groups excluding carboxylic acids is 1. The molecule has 0 aliphatic carbocycles. The number of ether oxygens (including phenoxy) is 3. The first-order valence-corrected chi connectivity index (χ1v) is 10.5. The number of para-hydroxylation sites is 1. The zero-order valence-corrected chi connectivity index (χ0v) is 18.0. The van der Waals surface area contributed by atoms with Gasteiger partial charge in [0.2, 0.25) is 0 Å². The SMILES string of the molecule is CCOc1cc(Br)c(COC(=O)/C=C/c2nc3ccccc3s2)cc1OCC. The normalized spacial score (nSPS) is 11.1. The molecular formula is C21H20BrNO4S. The second-order valence-electron chi connectivity index (χ2n) is 5.72. The molecule has 0 aliphatic rings. The van der Waals surface area contributed by atoms with Crippen molar-refractivity contribution in [3.8, 4) is 11.5 Å². The Balaban J connectivity index is 1.65. The predicted octanol–water partition coefficient (Wildman–Crippen LogP) is 5.61. The molecule has 3 aromatic rings. The van der Waals surface area contributed by atoms with Gasteiger partial charge in [-0.25, -0.2) is 9.78 Å². The van der Waals surface area contributed by atoms with Gasteiger partial charge < -0.3 is 14.2 Å². The van der Waals surface area contributed by atoms with Crippen LogP contribution in [0, 0.1) is 0 Å². The summed E-state index contributed by atoms with van der Waals surface area (Å²) in [4.78, 5) is 16.6. The van der Waals surface area contributed by atoms with Gasteiger partial charge in [0, 0.05) is 16.1 Å². The summed E-state index contributed by atoms with van der Waals surface area (Å²) in [5.41, 5.74) is 1.72. The smallest absolute Gasteiger partial charge is 0.331 e. The second-order valence-corrected chi connectivity index (χ2v) is 7.63. The van der Waals surface area contributed by atoms with Crippen molar-refractivity contribution >= 4 is 49.5 Å². The first kappa shape index (κ1) is 20.4. The Kier molecular flexibility index (Phi) is 7.06. The fourth-order valence-electron chi connectivity index (χ4n) is 2.52. The fourth-order valence-corrected chi connectivity index (χ4v) is 3.83. The van der Waals surface area contributed by atoms with Crippen LogP contribution in [0.5, 0.6) is 11.5 Å². The van der Waals surface area contributed by atoms with Crippen LogP contribution in [0.1, 0.15) is 24.4 Å². The quantitative estimate of drug-likeness (QED) is 0.322. The number of fused-ring (bicyclic) bond motifs is 1. The van der Waals surface area contributed by atoms with E-state index in [1.807, 2.05) is 50.2 Å². The van der Waals surface area contributed by atoms with Gasteiger partial charge in [0.15, 0.2) is 11.5 Å². The zero-order chi connectivity index (χ0) is 19.9. The summed E-state index contributed by atoms with van der Waals surface area (Å²) < 4.78 is 18.4. The highest BCUT2D eigenvalue weighted by Crippen LogP contribution is 2.34. The number of aromatic nitrogens is 1. The van der Waals surface area contributed by atoms with Crippen molar-refractivity contribution in [2.75, 3.05) is 13.2 Å². The Bertz CT molecular complexity index is 966. The Morgan fingerprint density at radius 2 is 1.86 bits per heavy atom. The number of rotatable bonds is 8. The van der Waals surface area contributed by atoms with E-state index in [4.69, 9.17) is 14.2 Å². The molecule has 0 bridgehead atoms. The summed E-state index contributed by atoms with van der Waals surface area (Å²) in [6, 6.07) is 11.5. The van der Waals surface area contributed by atoms with E-state index in [2.05, 4.69) is 20.9 Å². The molecule has 28 heavy (non-hydrogen) atoms. The fraction of sp³-hybridized carbons (Fsp3) is 0.238. The Labute approximate surface area is 176 Å². The molecule has 0 aliphatic heterocycles. The molecule has 1 aromatic heterocycles. The number of hydrogen-bond donors (Lipinski definition) is 0. The average Bonchev–Trinajstić information content (AvgIpc) is 3.10. The third-order valence-electron chi connectivity index (χ3n) is 3.75. The maximum atomic E-state index is 12.1. The van der Waals surface area contributed by atoms with Crippen LogP contribution >= 0.6 is 27.3 Å². The number of hydrogen-bond acceptors (Lipinski definition) is 6. The number of halogens is 1. The van der Waals surface area contributed by atoms with Crippen LogP contribution in [0.15, 0.2) is 46.9 Å². The molecule has 146 valence electrons. The molecule has 1 heterocycles. The molecule has 0 amide bonds. The van der Waals surface area contributed by atoms with Gasteiger partial charge in [-0.1, -0.05) is 28.1 Å². The van der Waals surface area contributed by atoms with Crippen LogP contribution in [0.4, 0.5) is 0 Å². The molecule has 3 rings (SSSR count). The monoisotopic (exact) mass is 461 g/mol. The summed E-state index contributed by atoms with van der Waals surface area (Å²) >= 11 is 5.02. The van der Waals surface area contributed by atoms with E-state index in [1.54, 1.807) is 6.08 Å². The maximum Gasteiger partial charge on any atom is 0.331 e. The minimum absolute atomic E-state index is 0.121. The van der Waals surface area contributed by atoms with Crippen molar-refractivity contribution in [2.24, 2.45) is 0 Å². The molecule has 5 nitrogen and oxygen atoms in total. The van der Waals surface area contributed by atoms with Gasteiger partial charge in [-0.2, -0.15) is 0 Å². The van der Waals surface area contributed by atoms with Gasteiger partial charge in [-0.15, -0.1) is 11.3 Å². The molecule has 0 saturated heterocycles. The van der Waals surface area contributed by atoms with Gasteiger partial charge in [0.05, 0.1) is 23.4 Å². The van der Waals surface area contributed by atoms with E-state index in [1.165, 1.54) is 17.4 Å². The predicted molar refractivity (Wildman–Crippen MR) is 115 cm³/mol. The highest BCUT2D eigenvalue weighted by molar-refractivity contribution is 9.10. The highest BCUT2D eigenvalue weighted by Gasteiger charge is 2.12. The van der Waals surface area contributed by atoms with Crippen LogP contribution in [0.25, 0.3) is 16.3 Å². The summed E-state index contributed by atoms with van der Waals surface area (Å²) in [5.74, 6) is 0.851. The minimum Gasteiger partial charge on any atom is -0.490 e. The first-order chi connectivity index (χ1) is 13.6. The number of carbonyl (C=O) groups is 1. The minimum atomic E-state index is -0.432. The average molecular weight is 462 g/mol. The third kappa shape index (κ3) is 5.11. The highest BCUT2D eigenvalue weighted by atomic mass is 79.9. The second kappa shape index (κ2) is 9.71. The summed E-state index contributed by atoms with van der Waals surface area (Å²) in [7, 11) is 0. The van der Waals surface area contributed by atoms with Gasteiger partial charge >= 0.3 is 5.97 Å². The molecule has 0 spiro atoms. The van der Waals surface area contributed by atoms with Crippen molar-refractivity contribution in [1.82, 2.24) is 4.98 Å². The molecule has 7 heteroatoms. The standard InChI is InChI=1S/C21H20BrNO4S/c1-3-25-17-11-14(15(22)12-18(17)26-4-2)13-27-21(24)10-9-20-23-16-7-5-6-8-19(16)28-20/h5-12H,3-4,13H2,1-2H3/b10-9+. The van der Waals surface area contributed by atoms with Crippen molar-refractivity contribution in [3.63, 3.8) is 0 Å². The lowest BCUT2D eigenvalue weighted by molar-refractivity contribution is -0.138. The van der Waals surface area contributed by atoms with Crippen LogP contribution in [0.3, 0.4) is 0 Å². The largest absolute Gasteiger partial charge is 0.490 e. The van der Waals surface area contributed by atoms with E-state index in [0.29, 0.717) is 24.7 Å². The number of thiazole rings is 1. The first-order valence-electron chi connectivity index (χ1n) is 8.89. The lowest BCUT2D eigenvalue weighted by Gasteiger charge is -2.14. The summed E-state index contributed by atoms with van der Waals surface area (Å²) in [6.07, 6.45) is 3.06. The van der Waals surface area contributed by atoms with Gasteiger partial charge in [0.1, 0.15) is 11.6 Å². The Morgan fingerprint density at radius 1 is 1.14 bits per heavy atom. The number of nitrogens with zero attached hydrogens (tertiary/aromatic N) is 1. The zero-order valence-electron chi connectivity index (χ0n) is 15.6. The van der Waals surface area contributed by atoms with Crippen LogP contribution in [-0.2, 0) is 16.1 Å². The van der Waals surface area contributed by atoms with Crippen molar-refractivity contribution in [1.29, 1.82) is 0 Å². The molecule has 0 saturated carbocycles. The lowest BCUT2D eigenvalue weighted by atomic mass is 10.2. The van der Waals surface area contributed by atoms with Crippen LogP contribution in [-0.4, -0.2) is 24.2 Å². The van der Waals surface area contributed by atoms with Crippen molar-refractivity contribution < 1.29 is 19.0 Å². The summed E-state index contributed by atoms with van der Waals surface area (Å²) in [5, 5.41) is 0.763. The van der Waals surface area contributed by atoms with E-state index < -0.39 is 5.97 Å². The van der Waals surface area contributed by atoms with Crippen molar-refractivity contribution in [3.05, 3.63) is 57.5 Å². The number of benzene rings is 2. The molecule has 0 atom stereocenters. The van der Waals surface area contributed by atoms with Crippen LogP contribution in [0.2, 0.25) is 0 Å². The van der Waals surface area contributed by atoms with Gasteiger partial charge in [-0.3, -0.25) is 0 Å². The topological polar surface area (TPSA) is 57.7 Å². The molecule has 0 fully saturated rings. The van der Waals surface area contributed by atoms with E-state index in [-0.39, 0.29) is 6.61 Å².